The third-order valence-corrected chi connectivity index (χ3v) is 7.76. The van der Waals surface area contributed by atoms with Crippen LogP contribution in [0.5, 0.6) is 11.5 Å². The molecule has 0 radical (unpaired) electrons. The Morgan fingerprint density at radius 3 is 1.12 bits per heavy atom. The average molecular weight is 535 g/mol. The highest BCUT2D eigenvalue weighted by molar-refractivity contribution is 5.67. The fourth-order valence-electron chi connectivity index (χ4n) is 4.96. The Bertz CT molecular complexity index is 1220. The fraction of sp³-hybridized carbons (Fsp3) is 0.324. The third kappa shape index (κ3) is 8.08. The maximum atomic E-state index is 12.4. The van der Waals surface area contributed by atoms with E-state index in [0.717, 1.165) is 12.8 Å². The van der Waals surface area contributed by atoms with E-state index in [2.05, 4.69) is 76.2 Å². The second-order valence-electron chi connectivity index (χ2n) is 10.7. The molecule has 208 valence electrons. The molecule has 40 heavy (non-hydrogen) atoms. The van der Waals surface area contributed by atoms with Gasteiger partial charge in [-0.2, -0.15) is 0 Å². The van der Waals surface area contributed by atoms with Crippen molar-refractivity contribution in [2.24, 2.45) is 0 Å². The molecule has 4 aromatic rings. The maximum absolute atomic E-state index is 12.4. The van der Waals surface area contributed by atoms with E-state index in [-0.39, 0.29) is 11.8 Å². The Labute approximate surface area is 240 Å². The molecule has 0 aliphatic heterocycles. The smallest absolute Gasteiger partial charge is 0.395 e. The van der Waals surface area contributed by atoms with Crippen LogP contribution in [0.3, 0.4) is 0 Å². The zero-order chi connectivity index (χ0) is 28.3. The van der Waals surface area contributed by atoms with Crippen LogP contribution < -0.4 is 9.47 Å². The number of hydrogen-bond acceptors (Lipinski definition) is 3. The van der Waals surface area contributed by atoms with Crippen LogP contribution in [0.4, 0.5) is 4.79 Å². The van der Waals surface area contributed by atoms with E-state index >= 15 is 0 Å². The van der Waals surface area contributed by atoms with Gasteiger partial charge in [0.1, 0.15) is 11.5 Å². The van der Waals surface area contributed by atoms with Crippen LogP contribution in [0.2, 0.25) is 0 Å². The van der Waals surface area contributed by atoms with Gasteiger partial charge in [-0.3, -0.25) is 0 Å². The topological polar surface area (TPSA) is 35.5 Å². The van der Waals surface area contributed by atoms with Crippen LogP contribution in [0.15, 0.2) is 97.1 Å². The third-order valence-electron chi connectivity index (χ3n) is 7.76. The van der Waals surface area contributed by atoms with Gasteiger partial charge in [0.25, 0.3) is 0 Å². The van der Waals surface area contributed by atoms with Crippen molar-refractivity contribution in [3.63, 3.8) is 0 Å². The van der Waals surface area contributed by atoms with Gasteiger partial charge in [-0.15, -0.1) is 0 Å². The van der Waals surface area contributed by atoms with Crippen LogP contribution in [-0.4, -0.2) is 6.16 Å². The SMILES string of the molecule is CCCCc1ccc(C(C)c2ccc(OC(=O)Oc3ccc(C(C)c4ccc(CCCC)cc4)cc3)cc2)cc1. The Hall–Kier alpha value is -3.85. The molecule has 2 atom stereocenters. The van der Waals surface area contributed by atoms with E-state index < -0.39 is 6.16 Å². The largest absolute Gasteiger partial charge is 0.519 e. The molecule has 3 heteroatoms. The molecule has 3 nitrogen and oxygen atoms in total. The molecule has 0 heterocycles. The minimum Gasteiger partial charge on any atom is -0.395 e. The normalized spacial score (nSPS) is 12.5. The zero-order valence-electron chi connectivity index (χ0n) is 24.4. The van der Waals surface area contributed by atoms with Crippen LogP contribution in [-0.2, 0) is 12.8 Å². The van der Waals surface area contributed by atoms with Crippen molar-refractivity contribution in [3.05, 3.63) is 130 Å². The van der Waals surface area contributed by atoms with Gasteiger partial charge in [0.05, 0.1) is 0 Å². The van der Waals surface area contributed by atoms with E-state index in [1.54, 1.807) is 0 Å². The Morgan fingerprint density at radius 2 is 0.825 bits per heavy atom. The summed E-state index contributed by atoms with van der Waals surface area (Å²) in [6.07, 6.45) is 6.37. The van der Waals surface area contributed by atoms with Crippen LogP contribution in [0.1, 0.15) is 98.6 Å². The van der Waals surface area contributed by atoms with Crippen LogP contribution in [0.25, 0.3) is 0 Å². The lowest BCUT2D eigenvalue weighted by Gasteiger charge is -2.14. The first kappa shape index (κ1) is 29.1. The molecule has 4 aromatic carbocycles. The van der Waals surface area contributed by atoms with Gasteiger partial charge in [-0.25, -0.2) is 4.79 Å². The molecule has 0 spiro atoms. The van der Waals surface area contributed by atoms with Gasteiger partial charge in [0.2, 0.25) is 0 Å². The summed E-state index contributed by atoms with van der Waals surface area (Å²) >= 11 is 0. The second-order valence-corrected chi connectivity index (χ2v) is 10.7. The highest BCUT2D eigenvalue weighted by atomic mass is 16.7. The number of rotatable bonds is 12. The van der Waals surface area contributed by atoms with Crippen molar-refractivity contribution < 1.29 is 14.3 Å². The monoisotopic (exact) mass is 534 g/mol. The molecule has 0 saturated heterocycles. The first-order valence-electron chi connectivity index (χ1n) is 14.7. The highest BCUT2D eigenvalue weighted by Gasteiger charge is 2.13. The van der Waals surface area contributed by atoms with Crippen molar-refractivity contribution >= 4 is 6.16 Å². The molecule has 0 aromatic heterocycles. The minimum absolute atomic E-state index is 0.251. The molecular formula is C37H42O3. The first-order chi connectivity index (χ1) is 19.5. The van der Waals surface area contributed by atoms with Gasteiger partial charge in [-0.05, 0) is 83.3 Å². The summed E-state index contributed by atoms with van der Waals surface area (Å²) in [5, 5.41) is 0. The molecule has 0 N–H and O–H groups in total. The van der Waals surface area contributed by atoms with E-state index in [0.29, 0.717) is 11.5 Å². The van der Waals surface area contributed by atoms with E-state index in [4.69, 9.17) is 9.47 Å². The zero-order valence-corrected chi connectivity index (χ0v) is 24.4. The van der Waals surface area contributed by atoms with E-state index in [9.17, 15) is 4.79 Å². The molecule has 0 amide bonds. The Morgan fingerprint density at radius 1 is 0.525 bits per heavy atom. The van der Waals surface area contributed by atoms with E-state index in [1.165, 1.54) is 59.1 Å². The van der Waals surface area contributed by atoms with Gasteiger partial charge in [0, 0.05) is 11.8 Å². The minimum atomic E-state index is -0.744. The first-order valence-corrected chi connectivity index (χ1v) is 14.7. The Balaban J connectivity index is 1.29. The van der Waals surface area contributed by atoms with Gasteiger partial charge in [-0.1, -0.05) is 113 Å². The van der Waals surface area contributed by atoms with Crippen molar-refractivity contribution in [1.82, 2.24) is 0 Å². The fourth-order valence-corrected chi connectivity index (χ4v) is 4.96. The maximum Gasteiger partial charge on any atom is 0.519 e. The lowest BCUT2D eigenvalue weighted by atomic mass is 9.92. The summed E-state index contributed by atoms with van der Waals surface area (Å²) in [5.74, 6) is 1.43. The summed E-state index contributed by atoms with van der Waals surface area (Å²) in [7, 11) is 0. The lowest BCUT2D eigenvalue weighted by molar-refractivity contribution is 0.152. The van der Waals surface area contributed by atoms with Crippen LogP contribution in [0, 0.1) is 0 Å². The molecular weight excluding hydrogens is 492 g/mol. The molecule has 0 aliphatic carbocycles. The number of benzene rings is 4. The second kappa shape index (κ2) is 14.5. The molecule has 2 unspecified atom stereocenters. The molecule has 0 saturated carbocycles. The summed E-state index contributed by atoms with van der Waals surface area (Å²) in [6.45, 7) is 8.82. The summed E-state index contributed by atoms with van der Waals surface area (Å²) < 4.78 is 10.9. The van der Waals surface area contributed by atoms with E-state index in [1.807, 2.05) is 48.5 Å². The number of carbonyl (C=O) groups excluding carboxylic acids is 1. The number of hydrogen-bond donors (Lipinski definition) is 0. The number of ether oxygens (including phenoxy) is 2. The number of carbonyl (C=O) groups is 1. The molecule has 0 fully saturated rings. The van der Waals surface area contributed by atoms with Gasteiger partial charge >= 0.3 is 6.16 Å². The Kier molecular flexibility index (Phi) is 10.6. The van der Waals surface area contributed by atoms with Crippen LogP contribution >= 0.6 is 0 Å². The molecule has 0 aliphatic rings. The number of unbranched alkanes of at least 4 members (excludes halogenated alkanes) is 2. The van der Waals surface area contributed by atoms with Gasteiger partial charge in [0.15, 0.2) is 0 Å². The predicted octanol–water partition coefficient (Wildman–Crippen LogP) is 10.3. The highest BCUT2D eigenvalue weighted by Crippen LogP contribution is 2.28. The van der Waals surface area contributed by atoms with Gasteiger partial charge < -0.3 is 9.47 Å². The number of aryl methyl sites for hydroxylation is 2. The summed E-state index contributed by atoms with van der Waals surface area (Å²) in [5.41, 5.74) is 7.66. The van der Waals surface area contributed by atoms with Crippen molar-refractivity contribution in [3.8, 4) is 11.5 Å². The van der Waals surface area contributed by atoms with Crippen molar-refractivity contribution in [2.75, 3.05) is 0 Å². The lowest BCUT2D eigenvalue weighted by Crippen LogP contribution is -2.13. The summed E-state index contributed by atoms with van der Waals surface area (Å²) in [6, 6.07) is 33.1. The quantitative estimate of drug-likeness (QED) is 0.134. The predicted molar refractivity (Wildman–Crippen MR) is 165 cm³/mol. The van der Waals surface area contributed by atoms with Crippen molar-refractivity contribution in [2.45, 2.75) is 78.1 Å². The molecule has 4 rings (SSSR count). The molecule has 0 bridgehead atoms. The summed E-state index contributed by atoms with van der Waals surface area (Å²) in [4.78, 5) is 12.4. The van der Waals surface area contributed by atoms with Crippen molar-refractivity contribution in [1.29, 1.82) is 0 Å². The average Bonchev–Trinajstić information content (AvgIpc) is 2.99. The standard InChI is InChI=1S/C37H42O3/c1-5-7-9-29-11-15-31(16-12-29)27(3)33-19-23-35(24-20-33)39-37(38)40-36-25-21-34(22-26-36)28(4)32-17-13-30(14-18-32)10-8-6-2/h11-28H,5-10H2,1-4H3.